The molecule has 0 bridgehead atoms. The van der Waals surface area contributed by atoms with E-state index in [-0.39, 0.29) is 9.92 Å². The fourth-order valence-electron chi connectivity index (χ4n) is 0.814. The molecule has 0 radical (unpaired) electrons. The van der Waals surface area contributed by atoms with Gasteiger partial charge in [-0.2, -0.15) is 21.6 Å². The minimum absolute atomic E-state index is 0.273. The van der Waals surface area contributed by atoms with Crippen LogP contribution in [0.4, 0.5) is 13.2 Å². The van der Waals surface area contributed by atoms with Gasteiger partial charge in [-0.15, -0.1) is 0 Å². The van der Waals surface area contributed by atoms with Crippen molar-refractivity contribution in [3.05, 3.63) is 29.3 Å². The van der Waals surface area contributed by atoms with E-state index in [2.05, 4.69) is 4.18 Å². The summed E-state index contributed by atoms with van der Waals surface area (Å²) in [5, 5.41) is 0.273. The van der Waals surface area contributed by atoms with E-state index < -0.39 is 22.9 Å². The Morgan fingerprint density at radius 3 is 2.12 bits per heavy atom. The van der Waals surface area contributed by atoms with Crippen molar-refractivity contribution in [2.75, 3.05) is 6.61 Å². The average Bonchev–Trinajstić information content (AvgIpc) is 2.15. The molecular weight excluding hydrogens is 269 g/mol. The molecule has 8 heteroatoms. The predicted octanol–water partition coefficient (Wildman–Crippen LogP) is 2.61. The third kappa shape index (κ3) is 3.99. The summed E-state index contributed by atoms with van der Waals surface area (Å²) in [6, 6.07) is 4.61. The minimum atomic E-state index is -4.69. The zero-order chi connectivity index (χ0) is 12.4. The Morgan fingerprint density at radius 1 is 1.19 bits per heavy atom. The second-order valence-electron chi connectivity index (χ2n) is 2.79. The molecular formula is C8H6ClF3O3S. The summed E-state index contributed by atoms with van der Waals surface area (Å²) >= 11 is 5.50. The average molecular weight is 275 g/mol. The van der Waals surface area contributed by atoms with Crippen LogP contribution in [0.15, 0.2) is 29.2 Å². The molecule has 0 saturated carbocycles. The van der Waals surface area contributed by atoms with E-state index in [1.807, 2.05) is 0 Å². The lowest BCUT2D eigenvalue weighted by atomic mass is 10.4. The van der Waals surface area contributed by atoms with Crippen LogP contribution in [0.1, 0.15) is 0 Å². The van der Waals surface area contributed by atoms with Crippen molar-refractivity contribution in [2.45, 2.75) is 11.1 Å². The highest BCUT2D eigenvalue weighted by Crippen LogP contribution is 2.20. The molecule has 1 aromatic carbocycles. The Labute approximate surface area is 94.9 Å². The molecule has 90 valence electrons. The van der Waals surface area contributed by atoms with Crippen LogP contribution in [-0.2, 0) is 14.3 Å². The second-order valence-corrected chi connectivity index (χ2v) is 4.84. The number of hydrogen-bond acceptors (Lipinski definition) is 3. The molecule has 0 heterocycles. The van der Waals surface area contributed by atoms with Crippen LogP contribution >= 0.6 is 11.6 Å². The molecule has 0 aliphatic heterocycles. The number of benzene rings is 1. The monoisotopic (exact) mass is 274 g/mol. The van der Waals surface area contributed by atoms with E-state index in [1.54, 1.807) is 0 Å². The van der Waals surface area contributed by atoms with Gasteiger partial charge in [0.25, 0.3) is 10.1 Å². The molecule has 0 atom stereocenters. The first-order chi connectivity index (χ1) is 7.21. The van der Waals surface area contributed by atoms with Gasteiger partial charge < -0.3 is 0 Å². The molecule has 0 amide bonds. The highest BCUT2D eigenvalue weighted by molar-refractivity contribution is 7.86. The van der Waals surface area contributed by atoms with Gasteiger partial charge in [0, 0.05) is 5.02 Å². The smallest absolute Gasteiger partial charge is 0.257 e. The number of halogens is 4. The molecule has 0 aromatic heterocycles. The first-order valence-corrected chi connectivity index (χ1v) is 5.71. The summed E-state index contributed by atoms with van der Waals surface area (Å²) in [7, 11) is -4.39. The maximum atomic E-state index is 11.8. The molecule has 0 unspecified atom stereocenters. The van der Waals surface area contributed by atoms with Crippen molar-refractivity contribution >= 4 is 21.7 Å². The highest BCUT2D eigenvalue weighted by atomic mass is 35.5. The maximum absolute atomic E-state index is 11.8. The van der Waals surface area contributed by atoms with Crippen LogP contribution in [0, 0.1) is 0 Å². The van der Waals surface area contributed by atoms with Crippen LogP contribution in [0.5, 0.6) is 0 Å². The van der Waals surface area contributed by atoms with Gasteiger partial charge in [-0.25, -0.2) is 0 Å². The van der Waals surface area contributed by atoms with E-state index in [9.17, 15) is 21.6 Å². The third-order valence-corrected chi connectivity index (χ3v) is 3.01. The van der Waals surface area contributed by atoms with Gasteiger partial charge in [0.2, 0.25) is 0 Å². The summed E-state index contributed by atoms with van der Waals surface area (Å²) in [5.41, 5.74) is 0. The van der Waals surface area contributed by atoms with Crippen LogP contribution in [-0.4, -0.2) is 21.2 Å². The molecule has 3 nitrogen and oxygen atoms in total. The zero-order valence-corrected chi connectivity index (χ0v) is 9.23. The Bertz CT molecular complexity index is 452. The molecule has 0 aliphatic carbocycles. The van der Waals surface area contributed by atoms with Crippen molar-refractivity contribution < 1.29 is 25.8 Å². The summed E-state index contributed by atoms with van der Waals surface area (Å²) in [6.45, 7) is -1.85. The molecule has 0 aliphatic rings. The zero-order valence-electron chi connectivity index (χ0n) is 7.66. The van der Waals surface area contributed by atoms with Gasteiger partial charge in [-0.1, -0.05) is 11.6 Å². The molecule has 0 saturated heterocycles. The molecule has 1 aromatic rings. The Balaban J connectivity index is 2.83. The number of hydrogen-bond donors (Lipinski definition) is 0. The van der Waals surface area contributed by atoms with Crippen molar-refractivity contribution in [2.24, 2.45) is 0 Å². The Morgan fingerprint density at radius 2 is 1.69 bits per heavy atom. The quantitative estimate of drug-likeness (QED) is 0.796. The highest BCUT2D eigenvalue weighted by Gasteiger charge is 2.31. The van der Waals surface area contributed by atoms with Crippen LogP contribution < -0.4 is 0 Å². The standard InChI is InChI=1S/C8H6ClF3O3S/c9-6-1-3-7(4-2-6)16(13,14)15-5-8(10,11)12/h1-4H,5H2. The van der Waals surface area contributed by atoms with Gasteiger partial charge >= 0.3 is 6.18 Å². The van der Waals surface area contributed by atoms with Gasteiger partial charge in [-0.05, 0) is 24.3 Å². The Hall–Kier alpha value is -0.790. The van der Waals surface area contributed by atoms with Crippen molar-refractivity contribution in [1.29, 1.82) is 0 Å². The minimum Gasteiger partial charge on any atom is -0.257 e. The van der Waals surface area contributed by atoms with Crippen molar-refractivity contribution in [3.8, 4) is 0 Å². The van der Waals surface area contributed by atoms with E-state index >= 15 is 0 Å². The molecule has 16 heavy (non-hydrogen) atoms. The summed E-state index contributed by atoms with van der Waals surface area (Å²) in [4.78, 5) is -0.374. The topological polar surface area (TPSA) is 43.4 Å². The lowest BCUT2D eigenvalue weighted by Crippen LogP contribution is -2.20. The maximum Gasteiger partial charge on any atom is 0.413 e. The van der Waals surface area contributed by atoms with E-state index in [0.717, 1.165) is 12.1 Å². The van der Waals surface area contributed by atoms with Crippen molar-refractivity contribution in [1.82, 2.24) is 0 Å². The van der Waals surface area contributed by atoms with Crippen molar-refractivity contribution in [3.63, 3.8) is 0 Å². The largest absolute Gasteiger partial charge is 0.413 e. The fraction of sp³-hybridized carbons (Fsp3) is 0.250. The van der Waals surface area contributed by atoms with E-state index in [4.69, 9.17) is 11.6 Å². The second kappa shape index (κ2) is 4.60. The summed E-state index contributed by atoms with van der Waals surface area (Å²) < 4.78 is 61.5. The van der Waals surface area contributed by atoms with Gasteiger partial charge in [0.05, 0.1) is 4.90 Å². The van der Waals surface area contributed by atoms with Gasteiger partial charge in [-0.3, -0.25) is 4.18 Å². The van der Waals surface area contributed by atoms with Crippen LogP contribution in [0.2, 0.25) is 5.02 Å². The van der Waals surface area contributed by atoms with E-state index in [1.165, 1.54) is 12.1 Å². The van der Waals surface area contributed by atoms with Crippen LogP contribution in [0.3, 0.4) is 0 Å². The van der Waals surface area contributed by atoms with Gasteiger partial charge in [0.1, 0.15) is 0 Å². The summed E-state index contributed by atoms with van der Waals surface area (Å²) in [5.74, 6) is 0. The fourth-order valence-corrected chi connectivity index (χ4v) is 1.83. The van der Waals surface area contributed by atoms with Gasteiger partial charge in [0.15, 0.2) is 6.61 Å². The van der Waals surface area contributed by atoms with E-state index in [0.29, 0.717) is 0 Å². The first kappa shape index (κ1) is 13.3. The summed E-state index contributed by atoms with van der Waals surface area (Å²) in [6.07, 6.45) is -4.69. The first-order valence-electron chi connectivity index (χ1n) is 3.92. The molecule has 0 fully saturated rings. The lowest BCUT2D eigenvalue weighted by molar-refractivity contribution is -0.152. The molecule has 1 rings (SSSR count). The molecule has 0 spiro atoms. The molecule has 0 N–H and O–H groups in total. The number of rotatable bonds is 3. The Kier molecular flexibility index (Phi) is 3.82. The predicted molar refractivity (Wildman–Crippen MR) is 50.6 cm³/mol. The van der Waals surface area contributed by atoms with Crippen LogP contribution in [0.25, 0.3) is 0 Å². The lowest BCUT2D eigenvalue weighted by Gasteiger charge is -2.07. The SMILES string of the molecule is O=S(=O)(OCC(F)(F)F)c1ccc(Cl)cc1. The normalized spacial score (nSPS) is 12.8. The number of alkyl halides is 3. The third-order valence-electron chi connectivity index (χ3n) is 1.48.